The van der Waals surface area contributed by atoms with Gasteiger partial charge in [-0.15, -0.1) is 11.3 Å². The van der Waals surface area contributed by atoms with Gasteiger partial charge in [0.2, 0.25) is 0 Å². The molecule has 1 rings (SSSR count). The molecule has 0 radical (unpaired) electrons. The SMILES string of the molecule is O=C(NI)NCCc1cccs1. The average molecular weight is 296 g/mol. The van der Waals surface area contributed by atoms with Crippen molar-refractivity contribution in [1.29, 1.82) is 0 Å². The molecule has 0 unspecified atom stereocenters. The zero-order valence-electron chi connectivity index (χ0n) is 6.34. The summed E-state index contributed by atoms with van der Waals surface area (Å²) < 4.78 is 2.47. The molecule has 1 aromatic heterocycles. The molecule has 0 fully saturated rings. The second-order valence-corrected chi connectivity index (χ2v) is 3.75. The Morgan fingerprint density at radius 2 is 2.50 bits per heavy atom. The van der Waals surface area contributed by atoms with Crippen LogP contribution in [0.15, 0.2) is 17.5 Å². The maximum atomic E-state index is 10.7. The molecule has 1 heterocycles. The largest absolute Gasteiger partial charge is 0.337 e. The lowest BCUT2D eigenvalue weighted by molar-refractivity contribution is 0.247. The molecule has 0 aliphatic carbocycles. The minimum atomic E-state index is -0.132. The van der Waals surface area contributed by atoms with Crippen LogP contribution in [-0.2, 0) is 6.42 Å². The quantitative estimate of drug-likeness (QED) is 0.649. The molecular formula is C7H9IN2OS. The van der Waals surface area contributed by atoms with E-state index in [9.17, 15) is 4.79 Å². The average Bonchev–Trinajstić information content (AvgIpc) is 2.57. The Labute approximate surface area is 89.0 Å². The summed E-state index contributed by atoms with van der Waals surface area (Å²) in [7, 11) is 0. The molecule has 0 aliphatic rings. The lowest BCUT2D eigenvalue weighted by Crippen LogP contribution is -2.30. The molecule has 12 heavy (non-hydrogen) atoms. The summed E-state index contributed by atoms with van der Waals surface area (Å²) in [6, 6.07) is 3.94. The van der Waals surface area contributed by atoms with Crippen molar-refractivity contribution < 1.29 is 4.79 Å². The zero-order chi connectivity index (χ0) is 8.81. The summed E-state index contributed by atoms with van der Waals surface area (Å²) >= 11 is 3.52. The molecule has 0 spiro atoms. The number of thiophene rings is 1. The molecule has 0 saturated carbocycles. The monoisotopic (exact) mass is 296 g/mol. The number of nitrogens with one attached hydrogen (secondary N) is 2. The molecule has 0 saturated heterocycles. The molecule has 3 nitrogen and oxygen atoms in total. The summed E-state index contributed by atoms with van der Waals surface area (Å²) in [5, 5.41) is 4.76. The lowest BCUT2D eigenvalue weighted by Gasteiger charge is -2.00. The van der Waals surface area contributed by atoms with Crippen LogP contribution in [0.3, 0.4) is 0 Å². The van der Waals surface area contributed by atoms with E-state index in [0.717, 1.165) is 6.42 Å². The maximum absolute atomic E-state index is 10.7. The van der Waals surface area contributed by atoms with Crippen molar-refractivity contribution in [3.8, 4) is 0 Å². The number of carbonyl (C=O) groups is 1. The van der Waals surface area contributed by atoms with E-state index < -0.39 is 0 Å². The van der Waals surface area contributed by atoms with Crippen LogP contribution < -0.4 is 8.85 Å². The Morgan fingerprint density at radius 3 is 3.08 bits per heavy atom. The summed E-state index contributed by atoms with van der Waals surface area (Å²) in [5.74, 6) is 0. The molecule has 0 bridgehead atoms. The predicted molar refractivity (Wildman–Crippen MR) is 58.6 cm³/mol. The number of carbonyl (C=O) groups excluding carboxylic acids is 1. The Morgan fingerprint density at radius 1 is 1.67 bits per heavy atom. The number of hydrogen-bond acceptors (Lipinski definition) is 2. The Hall–Kier alpha value is -0.300. The Bertz CT molecular complexity index is 238. The molecule has 5 heteroatoms. The van der Waals surface area contributed by atoms with Crippen LogP contribution in [0.2, 0.25) is 0 Å². The summed E-state index contributed by atoms with van der Waals surface area (Å²) in [6.45, 7) is 0.690. The van der Waals surface area contributed by atoms with E-state index >= 15 is 0 Å². The van der Waals surface area contributed by atoms with Gasteiger partial charge >= 0.3 is 6.03 Å². The molecular weight excluding hydrogens is 287 g/mol. The van der Waals surface area contributed by atoms with Gasteiger partial charge in [-0.1, -0.05) is 6.07 Å². The highest BCUT2D eigenvalue weighted by Gasteiger charge is 1.96. The molecule has 0 aromatic carbocycles. The van der Waals surface area contributed by atoms with Gasteiger partial charge in [0.1, 0.15) is 0 Å². The van der Waals surface area contributed by atoms with Crippen LogP contribution in [0, 0.1) is 0 Å². The fourth-order valence-electron chi connectivity index (χ4n) is 0.787. The summed E-state index contributed by atoms with van der Waals surface area (Å²) in [4.78, 5) is 12.0. The van der Waals surface area contributed by atoms with Crippen molar-refractivity contribution in [2.24, 2.45) is 0 Å². The number of halogens is 1. The van der Waals surface area contributed by atoms with Crippen LogP contribution >= 0.6 is 34.2 Å². The van der Waals surface area contributed by atoms with Gasteiger partial charge in [-0.3, -0.25) is 3.53 Å². The standard InChI is InChI=1S/C7H9IN2OS/c8-10-7(11)9-4-3-6-2-1-5-12-6/h1-2,5H,3-4H2,(H2,9,10,11). The van der Waals surface area contributed by atoms with Crippen LogP contribution in [0.1, 0.15) is 4.88 Å². The molecule has 66 valence electrons. The first-order valence-corrected chi connectivity index (χ1v) is 5.45. The third-order valence-electron chi connectivity index (χ3n) is 1.32. The van der Waals surface area contributed by atoms with Crippen molar-refractivity contribution in [2.75, 3.05) is 6.54 Å². The number of urea groups is 1. The predicted octanol–water partition coefficient (Wildman–Crippen LogP) is 1.94. The van der Waals surface area contributed by atoms with Gasteiger partial charge in [-0.2, -0.15) is 0 Å². The Balaban J connectivity index is 2.15. The highest BCUT2D eigenvalue weighted by Crippen LogP contribution is 2.07. The smallest absolute Gasteiger partial charge is 0.323 e. The van der Waals surface area contributed by atoms with Gasteiger partial charge < -0.3 is 5.32 Å². The minimum absolute atomic E-state index is 0.132. The van der Waals surface area contributed by atoms with Crippen molar-refractivity contribution in [1.82, 2.24) is 8.85 Å². The van der Waals surface area contributed by atoms with E-state index in [1.54, 1.807) is 11.3 Å². The third-order valence-corrected chi connectivity index (χ3v) is 2.75. The second-order valence-electron chi connectivity index (χ2n) is 2.18. The molecule has 0 aliphatic heterocycles. The molecule has 2 amide bonds. The lowest BCUT2D eigenvalue weighted by atomic mass is 10.3. The van der Waals surface area contributed by atoms with E-state index in [1.165, 1.54) is 4.88 Å². The van der Waals surface area contributed by atoms with E-state index in [-0.39, 0.29) is 6.03 Å². The van der Waals surface area contributed by atoms with Gasteiger partial charge in [0.05, 0.1) is 22.9 Å². The number of hydrogen-bond donors (Lipinski definition) is 2. The first-order valence-electron chi connectivity index (χ1n) is 3.50. The number of amides is 2. The van der Waals surface area contributed by atoms with Gasteiger partial charge in [0, 0.05) is 11.4 Å². The first-order chi connectivity index (χ1) is 5.83. The van der Waals surface area contributed by atoms with Crippen molar-refractivity contribution in [3.63, 3.8) is 0 Å². The van der Waals surface area contributed by atoms with E-state index in [4.69, 9.17) is 0 Å². The molecule has 1 aromatic rings. The van der Waals surface area contributed by atoms with E-state index in [1.807, 2.05) is 34.3 Å². The van der Waals surface area contributed by atoms with Crippen molar-refractivity contribution >= 4 is 40.2 Å². The topological polar surface area (TPSA) is 41.1 Å². The van der Waals surface area contributed by atoms with Gasteiger partial charge in [0.25, 0.3) is 0 Å². The van der Waals surface area contributed by atoms with Crippen LogP contribution in [0.4, 0.5) is 4.79 Å². The fourth-order valence-corrected chi connectivity index (χ4v) is 1.69. The van der Waals surface area contributed by atoms with E-state index in [0.29, 0.717) is 6.54 Å². The van der Waals surface area contributed by atoms with Gasteiger partial charge in [-0.05, 0) is 17.9 Å². The zero-order valence-corrected chi connectivity index (χ0v) is 9.31. The summed E-state index contributed by atoms with van der Waals surface area (Å²) in [5.41, 5.74) is 0. The fraction of sp³-hybridized carbons (Fsp3) is 0.286. The van der Waals surface area contributed by atoms with Gasteiger partial charge in [0.15, 0.2) is 0 Å². The highest BCUT2D eigenvalue weighted by molar-refractivity contribution is 14.1. The normalized spacial score (nSPS) is 9.42. The molecule has 2 N–H and O–H groups in total. The van der Waals surface area contributed by atoms with E-state index in [2.05, 4.69) is 14.9 Å². The second kappa shape index (κ2) is 5.36. The maximum Gasteiger partial charge on any atom is 0.323 e. The van der Waals surface area contributed by atoms with Crippen LogP contribution in [-0.4, -0.2) is 12.6 Å². The summed E-state index contributed by atoms with van der Waals surface area (Å²) in [6.07, 6.45) is 0.904. The minimum Gasteiger partial charge on any atom is -0.337 e. The van der Waals surface area contributed by atoms with Crippen LogP contribution in [0.25, 0.3) is 0 Å². The highest BCUT2D eigenvalue weighted by atomic mass is 127. The third kappa shape index (κ3) is 3.40. The van der Waals surface area contributed by atoms with Gasteiger partial charge in [-0.25, -0.2) is 4.79 Å². The number of rotatable bonds is 3. The van der Waals surface area contributed by atoms with Crippen LogP contribution in [0.5, 0.6) is 0 Å². The Kier molecular flexibility index (Phi) is 4.37. The molecule has 0 atom stereocenters. The van der Waals surface area contributed by atoms with Crippen molar-refractivity contribution in [3.05, 3.63) is 22.4 Å². The van der Waals surface area contributed by atoms with Crippen molar-refractivity contribution in [2.45, 2.75) is 6.42 Å². The first kappa shape index (κ1) is 9.79.